The average Bonchev–Trinajstić information content (AvgIpc) is 2.17. The summed E-state index contributed by atoms with van der Waals surface area (Å²) in [6.07, 6.45) is 1.36. The Morgan fingerprint density at radius 2 is 1.64 bits per heavy atom. The summed E-state index contributed by atoms with van der Waals surface area (Å²) in [5, 5.41) is 0. The van der Waals surface area contributed by atoms with E-state index in [4.69, 9.17) is 0 Å². The fourth-order valence-electron chi connectivity index (χ4n) is 1.13. The molecule has 1 aliphatic rings. The molecule has 0 aromatic heterocycles. The second kappa shape index (κ2) is 6.10. The van der Waals surface area contributed by atoms with Gasteiger partial charge >= 0.3 is 0 Å². The molecule has 2 heteroatoms. The standard InChI is InChI=1S/C10H13NS.C2H6/c1-9-3-5-10(6-4-9)12-11-7-2-8-11;1-2/h3-6H,2,7-8H2,1H3;1-2H3. The third-order valence-electron chi connectivity index (χ3n) is 2.07. The van der Waals surface area contributed by atoms with Crippen molar-refractivity contribution in [2.75, 3.05) is 13.1 Å². The van der Waals surface area contributed by atoms with Gasteiger partial charge in [-0.3, -0.25) is 0 Å². The predicted molar refractivity (Wildman–Crippen MR) is 64.6 cm³/mol. The van der Waals surface area contributed by atoms with Gasteiger partial charge in [0.05, 0.1) is 0 Å². The summed E-state index contributed by atoms with van der Waals surface area (Å²) in [5.41, 5.74) is 1.34. The van der Waals surface area contributed by atoms with E-state index in [-0.39, 0.29) is 0 Å². The van der Waals surface area contributed by atoms with Crippen molar-refractivity contribution < 1.29 is 0 Å². The molecular weight excluding hydrogens is 190 g/mol. The van der Waals surface area contributed by atoms with Crippen molar-refractivity contribution in [1.82, 2.24) is 4.31 Å². The number of rotatable bonds is 2. The zero-order chi connectivity index (χ0) is 10.4. The highest BCUT2D eigenvalue weighted by Gasteiger charge is 2.14. The van der Waals surface area contributed by atoms with Gasteiger partial charge in [0, 0.05) is 18.0 Å². The van der Waals surface area contributed by atoms with Gasteiger partial charge in [-0.05, 0) is 37.4 Å². The highest BCUT2D eigenvalue weighted by molar-refractivity contribution is 7.97. The average molecular weight is 209 g/mol. The minimum Gasteiger partial charge on any atom is -0.246 e. The van der Waals surface area contributed by atoms with Gasteiger partial charge in [0.25, 0.3) is 0 Å². The first kappa shape index (κ1) is 11.6. The second-order valence-corrected chi connectivity index (χ2v) is 4.36. The van der Waals surface area contributed by atoms with Gasteiger partial charge in [0.15, 0.2) is 0 Å². The van der Waals surface area contributed by atoms with Crippen LogP contribution in [0.2, 0.25) is 0 Å². The summed E-state index contributed by atoms with van der Waals surface area (Å²) in [7, 11) is 0. The van der Waals surface area contributed by atoms with Crippen molar-refractivity contribution in [3.8, 4) is 0 Å². The molecule has 1 nitrogen and oxygen atoms in total. The van der Waals surface area contributed by atoms with E-state index in [2.05, 4.69) is 35.5 Å². The van der Waals surface area contributed by atoms with Crippen LogP contribution in [0, 0.1) is 6.92 Å². The predicted octanol–water partition coefficient (Wildman–Crippen LogP) is 3.73. The van der Waals surface area contributed by atoms with Gasteiger partial charge in [0.2, 0.25) is 0 Å². The highest BCUT2D eigenvalue weighted by Crippen LogP contribution is 2.26. The van der Waals surface area contributed by atoms with E-state index in [1.165, 1.54) is 30.0 Å². The van der Waals surface area contributed by atoms with Crippen LogP contribution in [-0.4, -0.2) is 17.4 Å². The zero-order valence-corrected chi connectivity index (χ0v) is 10.1. The molecule has 0 spiro atoms. The van der Waals surface area contributed by atoms with E-state index in [0.717, 1.165) is 0 Å². The van der Waals surface area contributed by atoms with Crippen LogP contribution in [0.15, 0.2) is 29.2 Å². The maximum atomic E-state index is 2.39. The minimum absolute atomic E-state index is 1.25. The number of nitrogens with zero attached hydrogens (tertiary/aromatic N) is 1. The summed E-state index contributed by atoms with van der Waals surface area (Å²) in [6.45, 7) is 8.62. The number of benzene rings is 1. The first-order chi connectivity index (χ1) is 6.84. The molecule has 1 heterocycles. The Morgan fingerprint density at radius 3 is 2.07 bits per heavy atom. The molecule has 0 bridgehead atoms. The van der Waals surface area contributed by atoms with Gasteiger partial charge in [-0.2, -0.15) is 0 Å². The van der Waals surface area contributed by atoms with Crippen LogP contribution in [0.4, 0.5) is 0 Å². The summed E-state index contributed by atoms with van der Waals surface area (Å²) in [5.74, 6) is 0. The monoisotopic (exact) mass is 209 g/mol. The zero-order valence-electron chi connectivity index (χ0n) is 9.29. The lowest BCUT2D eigenvalue weighted by atomic mass is 10.2. The molecule has 2 rings (SSSR count). The molecule has 1 aromatic rings. The molecule has 0 N–H and O–H groups in total. The summed E-state index contributed by atoms with van der Waals surface area (Å²) >= 11 is 1.87. The molecule has 1 fully saturated rings. The Bertz CT molecular complexity index is 252. The number of aryl methyl sites for hydroxylation is 1. The van der Waals surface area contributed by atoms with Gasteiger partial charge in [-0.15, -0.1) is 0 Å². The van der Waals surface area contributed by atoms with Crippen LogP contribution >= 0.6 is 11.9 Å². The van der Waals surface area contributed by atoms with Crippen LogP contribution < -0.4 is 0 Å². The van der Waals surface area contributed by atoms with Gasteiger partial charge in [-0.1, -0.05) is 31.5 Å². The fourth-order valence-corrected chi connectivity index (χ4v) is 2.12. The molecule has 1 saturated heterocycles. The Kier molecular flexibility index (Phi) is 5.05. The number of hydrogen-bond acceptors (Lipinski definition) is 2. The maximum Gasteiger partial charge on any atom is 0.0230 e. The first-order valence-electron chi connectivity index (χ1n) is 5.34. The second-order valence-electron chi connectivity index (χ2n) is 3.19. The third-order valence-corrected chi connectivity index (χ3v) is 3.18. The van der Waals surface area contributed by atoms with E-state index < -0.39 is 0 Å². The highest BCUT2D eigenvalue weighted by atomic mass is 32.2. The largest absolute Gasteiger partial charge is 0.246 e. The smallest absolute Gasteiger partial charge is 0.0230 e. The van der Waals surface area contributed by atoms with E-state index in [0.29, 0.717) is 0 Å². The van der Waals surface area contributed by atoms with Crippen LogP contribution in [0.25, 0.3) is 0 Å². The lowest BCUT2D eigenvalue weighted by Gasteiger charge is -2.28. The van der Waals surface area contributed by atoms with E-state index in [1.54, 1.807) is 0 Å². The molecule has 1 aliphatic heterocycles. The van der Waals surface area contributed by atoms with Gasteiger partial charge < -0.3 is 0 Å². The molecule has 1 aromatic carbocycles. The molecule has 14 heavy (non-hydrogen) atoms. The topological polar surface area (TPSA) is 3.24 Å². The minimum atomic E-state index is 1.25. The molecule has 0 atom stereocenters. The lowest BCUT2D eigenvalue weighted by Crippen LogP contribution is -2.30. The molecule has 78 valence electrons. The Labute approximate surface area is 91.6 Å². The van der Waals surface area contributed by atoms with E-state index in [1.807, 2.05) is 25.8 Å². The SMILES string of the molecule is CC.Cc1ccc(SN2CCC2)cc1. The summed E-state index contributed by atoms with van der Waals surface area (Å²) < 4.78 is 2.39. The van der Waals surface area contributed by atoms with Crippen LogP contribution in [-0.2, 0) is 0 Å². The molecule has 0 saturated carbocycles. The van der Waals surface area contributed by atoms with Crippen molar-refractivity contribution in [1.29, 1.82) is 0 Å². The van der Waals surface area contributed by atoms with Crippen molar-refractivity contribution in [3.05, 3.63) is 29.8 Å². The van der Waals surface area contributed by atoms with Crippen LogP contribution in [0.5, 0.6) is 0 Å². The van der Waals surface area contributed by atoms with Gasteiger partial charge in [0.1, 0.15) is 0 Å². The molecular formula is C12H19NS. The fraction of sp³-hybridized carbons (Fsp3) is 0.500. The Hall–Kier alpha value is -0.470. The quantitative estimate of drug-likeness (QED) is 0.683. The Balaban J connectivity index is 0.000000461. The summed E-state index contributed by atoms with van der Waals surface area (Å²) in [4.78, 5) is 1.36. The van der Waals surface area contributed by atoms with Crippen molar-refractivity contribution >= 4 is 11.9 Å². The van der Waals surface area contributed by atoms with Crippen LogP contribution in [0.3, 0.4) is 0 Å². The normalized spacial score (nSPS) is 15.4. The van der Waals surface area contributed by atoms with Crippen molar-refractivity contribution in [2.24, 2.45) is 0 Å². The molecule has 0 unspecified atom stereocenters. The Morgan fingerprint density at radius 1 is 1.07 bits per heavy atom. The van der Waals surface area contributed by atoms with E-state index >= 15 is 0 Å². The molecule has 0 amide bonds. The maximum absolute atomic E-state index is 2.39. The first-order valence-corrected chi connectivity index (χ1v) is 6.11. The third kappa shape index (κ3) is 3.35. The summed E-state index contributed by atoms with van der Waals surface area (Å²) in [6, 6.07) is 8.72. The van der Waals surface area contributed by atoms with Crippen molar-refractivity contribution in [3.63, 3.8) is 0 Å². The molecule has 0 radical (unpaired) electrons. The van der Waals surface area contributed by atoms with Crippen LogP contribution in [0.1, 0.15) is 25.8 Å². The number of hydrogen-bond donors (Lipinski definition) is 0. The van der Waals surface area contributed by atoms with Gasteiger partial charge in [-0.25, -0.2) is 4.31 Å². The van der Waals surface area contributed by atoms with E-state index in [9.17, 15) is 0 Å². The molecule has 0 aliphatic carbocycles. The lowest BCUT2D eigenvalue weighted by molar-refractivity contribution is 0.344. The van der Waals surface area contributed by atoms with Crippen molar-refractivity contribution in [2.45, 2.75) is 32.1 Å².